The van der Waals surface area contributed by atoms with Crippen LogP contribution in [0.25, 0.3) is 0 Å². The van der Waals surface area contributed by atoms with Crippen LogP contribution in [-0.2, 0) is 13.5 Å². The van der Waals surface area contributed by atoms with Crippen LogP contribution in [0, 0.1) is 0 Å². The predicted molar refractivity (Wildman–Crippen MR) is 57.9 cm³/mol. The number of nitrogens with two attached hydrogens (primary N) is 1. The zero-order chi connectivity index (χ0) is 12.9. The first kappa shape index (κ1) is 14.0. The summed E-state index contributed by atoms with van der Waals surface area (Å²) in [6.45, 7) is 0. The summed E-state index contributed by atoms with van der Waals surface area (Å²) < 4.78 is 37.8. The van der Waals surface area contributed by atoms with E-state index in [2.05, 4.69) is 10.5 Å². The SMILES string of the molecule is Cn1cc(CCC(CCC(F)(F)F)NN)cn1. The maximum atomic E-state index is 12.0. The lowest BCUT2D eigenvalue weighted by Gasteiger charge is -2.16. The van der Waals surface area contributed by atoms with Crippen molar-refractivity contribution in [2.45, 2.75) is 37.9 Å². The van der Waals surface area contributed by atoms with Gasteiger partial charge in [-0.1, -0.05) is 0 Å². The monoisotopic (exact) mass is 250 g/mol. The molecule has 0 bridgehead atoms. The maximum Gasteiger partial charge on any atom is 0.389 e. The highest BCUT2D eigenvalue weighted by molar-refractivity contribution is 5.03. The molecule has 0 aliphatic heterocycles. The summed E-state index contributed by atoms with van der Waals surface area (Å²) in [4.78, 5) is 0. The molecule has 0 aromatic carbocycles. The van der Waals surface area contributed by atoms with Gasteiger partial charge in [-0.3, -0.25) is 16.0 Å². The quantitative estimate of drug-likeness (QED) is 0.594. The largest absolute Gasteiger partial charge is 0.389 e. The standard InChI is InChI=1S/C10H17F3N4/c1-17-7-8(6-15-17)2-3-9(16-14)4-5-10(11,12)13/h6-7,9,16H,2-5,14H2,1H3. The first-order valence-corrected chi connectivity index (χ1v) is 5.41. The van der Waals surface area contributed by atoms with Gasteiger partial charge in [0.15, 0.2) is 0 Å². The number of rotatable bonds is 6. The summed E-state index contributed by atoms with van der Waals surface area (Å²) in [5, 5.41) is 3.99. The molecule has 4 nitrogen and oxygen atoms in total. The molecule has 0 fully saturated rings. The molecule has 0 spiro atoms. The van der Waals surface area contributed by atoms with Crippen LogP contribution < -0.4 is 11.3 Å². The normalized spacial score (nSPS) is 13.9. The molecule has 0 saturated carbocycles. The van der Waals surface area contributed by atoms with Crippen LogP contribution in [0.2, 0.25) is 0 Å². The zero-order valence-electron chi connectivity index (χ0n) is 9.67. The van der Waals surface area contributed by atoms with Crippen LogP contribution in [0.5, 0.6) is 0 Å². The number of hydrogen-bond donors (Lipinski definition) is 2. The summed E-state index contributed by atoms with van der Waals surface area (Å²) in [7, 11) is 1.80. The molecule has 0 radical (unpaired) electrons. The molecule has 98 valence electrons. The van der Waals surface area contributed by atoms with Crippen molar-refractivity contribution in [3.05, 3.63) is 18.0 Å². The fourth-order valence-electron chi connectivity index (χ4n) is 1.59. The third kappa shape index (κ3) is 5.69. The molecule has 7 heteroatoms. The smallest absolute Gasteiger partial charge is 0.276 e. The molecule has 0 amide bonds. The third-order valence-corrected chi connectivity index (χ3v) is 2.55. The molecule has 17 heavy (non-hydrogen) atoms. The molecular formula is C10H17F3N4. The van der Waals surface area contributed by atoms with E-state index in [1.165, 1.54) is 0 Å². The highest BCUT2D eigenvalue weighted by Gasteiger charge is 2.27. The maximum absolute atomic E-state index is 12.0. The van der Waals surface area contributed by atoms with Crippen LogP contribution in [-0.4, -0.2) is 22.0 Å². The van der Waals surface area contributed by atoms with Gasteiger partial charge in [0.05, 0.1) is 6.20 Å². The Labute approximate surface area is 97.9 Å². The second-order valence-electron chi connectivity index (χ2n) is 4.08. The summed E-state index contributed by atoms with van der Waals surface area (Å²) in [6, 6.07) is -0.322. The van der Waals surface area contributed by atoms with Gasteiger partial charge in [0.1, 0.15) is 0 Å². The van der Waals surface area contributed by atoms with E-state index in [0.29, 0.717) is 12.8 Å². The average Bonchev–Trinajstić information content (AvgIpc) is 2.63. The number of halogens is 3. The molecule has 1 aromatic rings. The minimum Gasteiger partial charge on any atom is -0.276 e. The van der Waals surface area contributed by atoms with Crippen LogP contribution in [0.3, 0.4) is 0 Å². The Kier molecular flexibility index (Phi) is 4.95. The fourth-order valence-corrected chi connectivity index (χ4v) is 1.59. The van der Waals surface area contributed by atoms with Crippen molar-refractivity contribution in [3.8, 4) is 0 Å². The number of nitrogens with zero attached hydrogens (tertiary/aromatic N) is 2. The van der Waals surface area contributed by atoms with Gasteiger partial charge in [0.2, 0.25) is 0 Å². The molecule has 0 aliphatic rings. The van der Waals surface area contributed by atoms with E-state index in [0.717, 1.165) is 5.56 Å². The van der Waals surface area contributed by atoms with Gasteiger partial charge >= 0.3 is 6.18 Å². The number of aryl methyl sites for hydroxylation is 2. The Hall–Kier alpha value is -1.08. The molecular weight excluding hydrogens is 233 g/mol. The van der Waals surface area contributed by atoms with Gasteiger partial charge in [-0.15, -0.1) is 0 Å². The van der Waals surface area contributed by atoms with Gasteiger partial charge in [0, 0.05) is 25.7 Å². The van der Waals surface area contributed by atoms with Gasteiger partial charge in [-0.2, -0.15) is 18.3 Å². The van der Waals surface area contributed by atoms with Crippen molar-refractivity contribution in [1.82, 2.24) is 15.2 Å². The van der Waals surface area contributed by atoms with Crippen molar-refractivity contribution in [2.75, 3.05) is 0 Å². The van der Waals surface area contributed by atoms with Crippen molar-refractivity contribution >= 4 is 0 Å². The highest BCUT2D eigenvalue weighted by atomic mass is 19.4. The van der Waals surface area contributed by atoms with Crippen LogP contribution >= 0.6 is 0 Å². The number of aromatic nitrogens is 2. The molecule has 0 saturated heterocycles. The van der Waals surface area contributed by atoms with Crippen molar-refractivity contribution in [3.63, 3.8) is 0 Å². The zero-order valence-corrected chi connectivity index (χ0v) is 9.67. The lowest BCUT2D eigenvalue weighted by Crippen LogP contribution is -2.36. The molecule has 1 heterocycles. The molecule has 1 aromatic heterocycles. The topological polar surface area (TPSA) is 55.9 Å². The van der Waals surface area contributed by atoms with E-state index in [4.69, 9.17) is 5.84 Å². The second-order valence-corrected chi connectivity index (χ2v) is 4.08. The molecule has 1 rings (SSSR count). The lowest BCUT2D eigenvalue weighted by molar-refractivity contribution is -0.136. The summed E-state index contributed by atoms with van der Waals surface area (Å²) >= 11 is 0. The van der Waals surface area contributed by atoms with Gasteiger partial charge < -0.3 is 0 Å². The number of nitrogens with one attached hydrogen (secondary N) is 1. The van der Waals surface area contributed by atoms with E-state index in [1.807, 2.05) is 6.20 Å². The summed E-state index contributed by atoms with van der Waals surface area (Å²) in [5.41, 5.74) is 3.42. The molecule has 3 N–H and O–H groups in total. The van der Waals surface area contributed by atoms with Gasteiger partial charge in [0.25, 0.3) is 0 Å². The van der Waals surface area contributed by atoms with Crippen molar-refractivity contribution < 1.29 is 13.2 Å². The lowest BCUT2D eigenvalue weighted by atomic mass is 10.0. The summed E-state index contributed by atoms with van der Waals surface area (Å²) in [6.07, 6.45) is -0.147. The minimum atomic E-state index is -4.12. The van der Waals surface area contributed by atoms with E-state index in [-0.39, 0.29) is 12.5 Å². The van der Waals surface area contributed by atoms with Gasteiger partial charge in [-0.25, -0.2) is 0 Å². The second kappa shape index (κ2) is 6.02. The fraction of sp³-hybridized carbons (Fsp3) is 0.700. The van der Waals surface area contributed by atoms with Gasteiger partial charge in [-0.05, 0) is 24.8 Å². The minimum absolute atomic E-state index is 0.000260. The molecule has 1 unspecified atom stereocenters. The average molecular weight is 250 g/mol. The van der Waals surface area contributed by atoms with Crippen LogP contribution in [0.4, 0.5) is 13.2 Å². The van der Waals surface area contributed by atoms with Crippen LogP contribution in [0.1, 0.15) is 24.8 Å². The highest BCUT2D eigenvalue weighted by Crippen LogP contribution is 2.23. The van der Waals surface area contributed by atoms with Crippen molar-refractivity contribution in [1.29, 1.82) is 0 Å². The Balaban J connectivity index is 2.32. The van der Waals surface area contributed by atoms with Crippen LogP contribution in [0.15, 0.2) is 12.4 Å². The number of hydrogen-bond acceptors (Lipinski definition) is 3. The Morgan fingerprint density at radius 2 is 2.18 bits per heavy atom. The number of hydrazine groups is 1. The summed E-state index contributed by atoms with van der Waals surface area (Å²) in [5.74, 6) is 5.23. The Bertz CT molecular complexity index is 335. The van der Waals surface area contributed by atoms with Crippen molar-refractivity contribution in [2.24, 2.45) is 12.9 Å². The number of alkyl halides is 3. The van der Waals surface area contributed by atoms with E-state index < -0.39 is 12.6 Å². The first-order valence-electron chi connectivity index (χ1n) is 5.41. The Morgan fingerprint density at radius 3 is 2.65 bits per heavy atom. The van der Waals surface area contributed by atoms with E-state index in [9.17, 15) is 13.2 Å². The molecule has 0 aliphatic carbocycles. The third-order valence-electron chi connectivity index (χ3n) is 2.55. The van der Waals surface area contributed by atoms with E-state index >= 15 is 0 Å². The Morgan fingerprint density at radius 1 is 1.47 bits per heavy atom. The molecule has 1 atom stereocenters. The predicted octanol–water partition coefficient (Wildman–Crippen LogP) is 1.53. The van der Waals surface area contributed by atoms with E-state index in [1.54, 1.807) is 17.9 Å². The first-order chi connectivity index (χ1) is 7.90.